The van der Waals surface area contributed by atoms with Gasteiger partial charge in [0.1, 0.15) is 6.04 Å². The average Bonchev–Trinajstić information content (AvgIpc) is 2.26. The zero-order chi connectivity index (χ0) is 12.1. The Morgan fingerprint density at radius 2 is 2.31 bits per heavy atom. The molecule has 1 aliphatic rings. The minimum absolute atomic E-state index is 0.0296. The SMILES string of the molecule is C[C@@H](C(=O)O)N(N=C(N)N)C1CCCNC1. The highest BCUT2D eigenvalue weighted by molar-refractivity contribution is 5.76. The first-order valence-electron chi connectivity index (χ1n) is 5.33. The molecule has 0 aromatic carbocycles. The molecular formula is C9H19N5O2. The van der Waals surface area contributed by atoms with Crippen LogP contribution in [0.4, 0.5) is 0 Å². The minimum atomic E-state index is -0.935. The zero-order valence-electron chi connectivity index (χ0n) is 9.39. The van der Waals surface area contributed by atoms with E-state index in [2.05, 4.69) is 10.4 Å². The molecule has 0 saturated carbocycles. The summed E-state index contributed by atoms with van der Waals surface area (Å²) in [6, 6.07) is -0.700. The number of rotatable bonds is 4. The molecule has 6 N–H and O–H groups in total. The highest BCUT2D eigenvalue weighted by atomic mass is 16.4. The third-order valence-electron chi connectivity index (χ3n) is 2.63. The van der Waals surface area contributed by atoms with Crippen molar-refractivity contribution in [3.05, 3.63) is 0 Å². The smallest absolute Gasteiger partial charge is 0.327 e. The van der Waals surface area contributed by atoms with E-state index in [1.807, 2.05) is 0 Å². The summed E-state index contributed by atoms with van der Waals surface area (Å²) in [4.78, 5) is 11.0. The van der Waals surface area contributed by atoms with Crippen LogP contribution in [0.2, 0.25) is 0 Å². The molecule has 1 saturated heterocycles. The average molecular weight is 229 g/mol. The van der Waals surface area contributed by atoms with Gasteiger partial charge in [-0.3, -0.25) is 5.01 Å². The highest BCUT2D eigenvalue weighted by Gasteiger charge is 2.28. The van der Waals surface area contributed by atoms with Gasteiger partial charge in [0, 0.05) is 6.54 Å². The molecule has 0 amide bonds. The van der Waals surface area contributed by atoms with E-state index in [4.69, 9.17) is 16.6 Å². The Balaban J connectivity index is 2.77. The topological polar surface area (TPSA) is 117 Å². The number of carboxylic acid groups (broad SMARTS) is 1. The van der Waals surface area contributed by atoms with Crippen molar-refractivity contribution in [3.63, 3.8) is 0 Å². The van der Waals surface area contributed by atoms with Crippen LogP contribution in [0.1, 0.15) is 19.8 Å². The van der Waals surface area contributed by atoms with Crippen molar-refractivity contribution >= 4 is 11.9 Å². The largest absolute Gasteiger partial charge is 0.480 e. The molecule has 1 heterocycles. The monoisotopic (exact) mass is 229 g/mol. The summed E-state index contributed by atoms with van der Waals surface area (Å²) in [6.45, 7) is 3.23. The Bertz CT molecular complexity index is 271. The number of piperidine rings is 1. The second kappa shape index (κ2) is 5.55. The van der Waals surface area contributed by atoms with E-state index in [-0.39, 0.29) is 12.0 Å². The number of hydrogen-bond acceptors (Lipinski definition) is 4. The second-order valence-corrected chi connectivity index (χ2v) is 3.92. The van der Waals surface area contributed by atoms with Crippen LogP contribution in [0.5, 0.6) is 0 Å². The molecule has 1 unspecified atom stereocenters. The fourth-order valence-electron chi connectivity index (χ4n) is 1.79. The lowest BCUT2D eigenvalue weighted by Gasteiger charge is -2.34. The molecule has 0 aromatic rings. The van der Waals surface area contributed by atoms with E-state index < -0.39 is 12.0 Å². The van der Waals surface area contributed by atoms with E-state index in [0.717, 1.165) is 19.4 Å². The summed E-state index contributed by atoms with van der Waals surface area (Å²) >= 11 is 0. The van der Waals surface area contributed by atoms with Gasteiger partial charge in [-0.1, -0.05) is 0 Å². The first-order chi connectivity index (χ1) is 7.52. The molecule has 1 rings (SSSR count). The van der Waals surface area contributed by atoms with Crippen molar-refractivity contribution < 1.29 is 9.90 Å². The van der Waals surface area contributed by atoms with Gasteiger partial charge in [0.05, 0.1) is 6.04 Å². The first-order valence-corrected chi connectivity index (χ1v) is 5.33. The summed E-state index contributed by atoms with van der Waals surface area (Å²) in [5.41, 5.74) is 10.6. The Morgan fingerprint density at radius 3 is 2.75 bits per heavy atom. The number of nitrogens with zero attached hydrogens (tertiary/aromatic N) is 2. The van der Waals surface area contributed by atoms with Crippen molar-refractivity contribution in [2.24, 2.45) is 16.6 Å². The van der Waals surface area contributed by atoms with Crippen molar-refractivity contribution in [2.75, 3.05) is 13.1 Å². The third-order valence-corrected chi connectivity index (χ3v) is 2.63. The van der Waals surface area contributed by atoms with Crippen LogP contribution in [-0.2, 0) is 4.79 Å². The molecule has 7 heteroatoms. The van der Waals surface area contributed by atoms with Gasteiger partial charge in [-0.25, -0.2) is 4.79 Å². The number of carbonyl (C=O) groups is 1. The second-order valence-electron chi connectivity index (χ2n) is 3.92. The fourth-order valence-corrected chi connectivity index (χ4v) is 1.79. The maximum Gasteiger partial charge on any atom is 0.327 e. The van der Waals surface area contributed by atoms with Crippen LogP contribution in [0.3, 0.4) is 0 Å². The minimum Gasteiger partial charge on any atom is -0.480 e. The van der Waals surface area contributed by atoms with E-state index in [1.165, 1.54) is 5.01 Å². The number of nitrogens with one attached hydrogen (secondary N) is 1. The number of hydrogen-bond donors (Lipinski definition) is 4. The molecule has 0 bridgehead atoms. The molecule has 0 spiro atoms. The normalized spacial score (nSPS) is 22.2. The fraction of sp³-hybridized carbons (Fsp3) is 0.778. The van der Waals surface area contributed by atoms with Gasteiger partial charge in [0.25, 0.3) is 0 Å². The number of carboxylic acids is 1. The van der Waals surface area contributed by atoms with Crippen LogP contribution >= 0.6 is 0 Å². The summed E-state index contributed by atoms with van der Waals surface area (Å²) in [6.07, 6.45) is 1.88. The van der Waals surface area contributed by atoms with Gasteiger partial charge in [-0.05, 0) is 26.3 Å². The highest BCUT2D eigenvalue weighted by Crippen LogP contribution is 2.14. The van der Waals surface area contributed by atoms with Gasteiger partial charge < -0.3 is 21.9 Å². The molecule has 16 heavy (non-hydrogen) atoms. The van der Waals surface area contributed by atoms with Gasteiger partial charge in [0.2, 0.25) is 5.96 Å². The molecule has 92 valence electrons. The molecule has 2 atom stereocenters. The van der Waals surface area contributed by atoms with Crippen molar-refractivity contribution in [3.8, 4) is 0 Å². The summed E-state index contributed by atoms with van der Waals surface area (Å²) in [5, 5.41) is 17.6. The summed E-state index contributed by atoms with van der Waals surface area (Å²) in [5.74, 6) is -1.05. The predicted molar refractivity (Wildman–Crippen MR) is 60.6 cm³/mol. The van der Waals surface area contributed by atoms with Gasteiger partial charge in [-0.2, -0.15) is 0 Å². The van der Waals surface area contributed by atoms with Crippen LogP contribution in [0.25, 0.3) is 0 Å². The van der Waals surface area contributed by atoms with Gasteiger partial charge in [-0.15, -0.1) is 5.10 Å². The molecular weight excluding hydrogens is 210 g/mol. The van der Waals surface area contributed by atoms with Crippen LogP contribution in [0.15, 0.2) is 5.10 Å². The third kappa shape index (κ3) is 3.27. The van der Waals surface area contributed by atoms with Crippen LogP contribution in [0, 0.1) is 0 Å². The molecule has 1 aliphatic heterocycles. The standard InChI is InChI=1S/C9H19N5O2/c1-6(8(15)16)14(13-9(10)11)7-3-2-4-12-5-7/h6-7,12H,2-5H2,1H3,(H,15,16)(H4,10,11,13)/t6-,7?/m0/s1. The first kappa shape index (κ1) is 12.6. The lowest BCUT2D eigenvalue weighted by molar-refractivity contribution is -0.143. The maximum absolute atomic E-state index is 11.0. The molecule has 0 radical (unpaired) electrons. The molecule has 0 aromatic heterocycles. The van der Waals surface area contributed by atoms with Crippen molar-refractivity contribution in [2.45, 2.75) is 31.8 Å². The summed E-state index contributed by atoms with van der Waals surface area (Å²) in [7, 11) is 0. The quantitative estimate of drug-likeness (QED) is 0.270. The summed E-state index contributed by atoms with van der Waals surface area (Å²) < 4.78 is 0. The lowest BCUT2D eigenvalue weighted by atomic mass is 10.1. The Labute approximate surface area is 94.5 Å². The van der Waals surface area contributed by atoms with E-state index in [9.17, 15) is 4.79 Å². The van der Waals surface area contributed by atoms with E-state index >= 15 is 0 Å². The number of hydrazone groups is 1. The van der Waals surface area contributed by atoms with Crippen LogP contribution < -0.4 is 16.8 Å². The Hall–Kier alpha value is -1.50. The van der Waals surface area contributed by atoms with Crippen molar-refractivity contribution in [1.82, 2.24) is 10.3 Å². The van der Waals surface area contributed by atoms with E-state index in [1.54, 1.807) is 6.92 Å². The van der Waals surface area contributed by atoms with Gasteiger partial charge >= 0.3 is 5.97 Å². The molecule has 0 aliphatic carbocycles. The van der Waals surface area contributed by atoms with Crippen LogP contribution in [-0.4, -0.2) is 47.2 Å². The number of nitrogens with two attached hydrogens (primary N) is 2. The molecule has 7 nitrogen and oxygen atoms in total. The number of aliphatic carboxylic acids is 1. The van der Waals surface area contributed by atoms with Crippen molar-refractivity contribution in [1.29, 1.82) is 0 Å². The lowest BCUT2D eigenvalue weighted by Crippen LogP contribution is -2.50. The molecule has 1 fully saturated rings. The maximum atomic E-state index is 11.0. The zero-order valence-corrected chi connectivity index (χ0v) is 9.39. The number of guanidine groups is 1. The van der Waals surface area contributed by atoms with Gasteiger partial charge in [0.15, 0.2) is 0 Å². The van der Waals surface area contributed by atoms with E-state index in [0.29, 0.717) is 6.54 Å². The Morgan fingerprint density at radius 1 is 1.62 bits per heavy atom. The Kier molecular flexibility index (Phi) is 4.36. The predicted octanol–water partition coefficient (Wildman–Crippen LogP) is -1.30.